The summed E-state index contributed by atoms with van der Waals surface area (Å²) >= 11 is 0. The second-order valence-corrected chi connectivity index (χ2v) is 7.36. The Morgan fingerprint density at radius 2 is 1.55 bits per heavy atom. The molecule has 0 bridgehead atoms. The molecule has 3 rings (SSSR count). The van der Waals surface area contributed by atoms with E-state index in [1.807, 2.05) is 80.6 Å². The van der Waals surface area contributed by atoms with Gasteiger partial charge in [0.05, 0.1) is 12.5 Å². The third-order valence-electron chi connectivity index (χ3n) is 4.62. The van der Waals surface area contributed by atoms with Crippen molar-refractivity contribution in [1.82, 2.24) is 5.32 Å². The average molecular weight is 418 g/mol. The van der Waals surface area contributed by atoms with Crippen molar-refractivity contribution >= 4 is 23.3 Å². The average Bonchev–Trinajstić information content (AvgIpc) is 2.76. The third-order valence-corrected chi connectivity index (χ3v) is 4.62. The quantitative estimate of drug-likeness (QED) is 0.494. The zero-order valence-corrected chi connectivity index (χ0v) is 17.7. The standard InChI is InChI=1S/C25H27N3O3/c1-18-8-6-7-11-23(18)28-25(30)27-21-14-12-20(13-15-21)16-24(29)26-19(2)17-31-22-9-4-3-5-10-22/h3-15,19H,16-17H2,1-2H3,(H,26,29)(H2,27,28,30)/t19-/m0/s1. The molecule has 0 heterocycles. The Bertz CT molecular complexity index is 1000. The van der Waals surface area contributed by atoms with Gasteiger partial charge < -0.3 is 20.7 Å². The van der Waals surface area contributed by atoms with Crippen LogP contribution in [0.15, 0.2) is 78.9 Å². The van der Waals surface area contributed by atoms with E-state index in [0.29, 0.717) is 12.3 Å². The molecule has 0 aliphatic rings. The van der Waals surface area contributed by atoms with Crippen LogP contribution in [0.2, 0.25) is 0 Å². The highest BCUT2D eigenvalue weighted by molar-refractivity contribution is 6.00. The van der Waals surface area contributed by atoms with Crippen molar-refractivity contribution < 1.29 is 14.3 Å². The normalized spacial score (nSPS) is 11.3. The maximum absolute atomic E-state index is 12.3. The fraction of sp³-hybridized carbons (Fsp3) is 0.200. The van der Waals surface area contributed by atoms with Crippen molar-refractivity contribution in [1.29, 1.82) is 0 Å². The van der Waals surface area contributed by atoms with Crippen LogP contribution in [0.4, 0.5) is 16.2 Å². The minimum atomic E-state index is -0.313. The Morgan fingerprint density at radius 3 is 2.26 bits per heavy atom. The molecule has 0 aliphatic carbocycles. The molecule has 160 valence electrons. The van der Waals surface area contributed by atoms with Gasteiger partial charge >= 0.3 is 6.03 Å². The molecule has 0 fully saturated rings. The van der Waals surface area contributed by atoms with E-state index in [1.165, 1.54) is 0 Å². The highest BCUT2D eigenvalue weighted by Crippen LogP contribution is 2.15. The smallest absolute Gasteiger partial charge is 0.323 e. The lowest BCUT2D eigenvalue weighted by Crippen LogP contribution is -2.37. The van der Waals surface area contributed by atoms with E-state index in [0.717, 1.165) is 22.6 Å². The van der Waals surface area contributed by atoms with Crippen LogP contribution in [-0.4, -0.2) is 24.6 Å². The molecule has 31 heavy (non-hydrogen) atoms. The molecule has 0 radical (unpaired) electrons. The molecule has 6 nitrogen and oxygen atoms in total. The molecule has 0 saturated carbocycles. The summed E-state index contributed by atoms with van der Waals surface area (Å²) in [5.74, 6) is 0.695. The summed E-state index contributed by atoms with van der Waals surface area (Å²) in [6.45, 7) is 4.24. The van der Waals surface area contributed by atoms with Gasteiger partial charge in [0.1, 0.15) is 12.4 Å². The maximum Gasteiger partial charge on any atom is 0.323 e. The zero-order valence-electron chi connectivity index (χ0n) is 17.7. The van der Waals surface area contributed by atoms with Crippen LogP contribution in [-0.2, 0) is 11.2 Å². The number of aryl methyl sites for hydroxylation is 1. The first kappa shape index (κ1) is 21.9. The van der Waals surface area contributed by atoms with Crippen molar-refractivity contribution in [3.8, 4) is 5.75 Å². The van der Waals surface area contributed by atoms with Crippen molar-refractivity contribution in [3.63, 3.8) is 0 Å². The van der Waals surface area contributed by atoms with Gasteiger partial charge in [-0.3, -0.25) is 4.79 Å². The lowest BCUT2D eigenvalue weighted by molar-refractivity contribution is -0.121. The van der Waals surface area contributed by atoms with Gasteiger partial charge in [-0.05, 0) is 55.3 Å². The number of hydrogen-bond donors (Lipinski definition) is 3. The number of nitrogens with one attached hydrogen (secondary N) is 3. The molecular weight excluding hydrogens is 390 g/mol. The second-order valence-electron chi connectivity index (χ2n) is 7.36. The molecule has 3 aromatic rings. The minimum Gasteiger partial charge on any atom is -0.491 e. The van der Waals surface area contributed by atoms with Gasteiger partial charge in [0, 0.05) is 11.4 Å². The van der Waals surface area contributed by atoms with E-state index >= 15 is 0 Å². The van der Waals surface area contributed by atoms with Gasteiger partial charge in [-0.15, -0.1) is 0 Å². The molecule has 3 N–H and O–H groups in total. The lowest BCUT2D eigenvalue weighted by atomic mass is 10.1. The first-order chi connectivity index (χ1) is 15.0. The number of urea groups is 1. The van der Waals surface area contributed by atoms with Crippen LogP contribution in [0, 0.1) is 6.92 Å². The van der Waals surface area contributed by atoms with Crippen molar-refractivity contribution in [2.75, 3.05) is 17.2 Å². The van der Waals surface area contributed by atoms with Gasteiger partial charge in [0.2, 0.25) is 5.91 Å². The van der Waals surface area contributed by atoms with Crippen LogP contribution in [0.5, 0.6) is 5.75 Å². The van der Waals surface area contributed by atoms with Crippen molar-refractivity contribution in [2.24, 2.45) is 0 Å². The third kappa shape index (κ3) is 7.19. The number of amides is 3. The van der Waals surface area contributed by atoms with Gasteiger partial charge in [-0.25, -0.2) is 4.79 Å². The van der Waals surface area contributed by atoms with Crippen LogP contribution >= 0.6 is 0 Å². The Morgan fingerprint density at radius 1 is 0.871 bits per heavy atom. The zero-order chi connectivity index (χ0) is 22.1. The number of benzene rings is 3. The highest BCUT2D eigenvalue weighted by atomic mass is 16.5. The van der Waals surface area contributed by atoms with Gasteiger partial charge in [-0.2, -0.15) is 0 Å². The summed E-state index contributed by atoms with van der Waals surface area (Å²) in [4.78, 5) is 24.5. The number of para-hydroxylation sites is 2. The molecule has 0 aliphatic heterocycles. The summed E-state index contributed by atoms with van der Waals surface area (Å²) in [5.41, 5.74) is 3.26. The minimum absolute atomic E-state index is 0.0813. The van der Waals surface area contributed by atoms with Crippen LogP contribution in [0.25, 0.3) is 0 Å². The maximum atomic E-state index is 12.3. The van der Waals surface area contributed by atoms with E-state index in [9.17, 15) is 9.59 Å². The number of anilines is 2. The number of ether oxygens (including phenoxy) is 1. The summed E-state index contributed by atoms with van der Waals surface area (Å²) in [7, 11) is 0. The van der Waals surface area contributed by atoms with E-state index in [2.05, 4.69) is 16.0 Å². The Kier molecular flexibility index (Phi) is 7.65. The summed E-state index contributed by atoms with van der Waals surface area (Å²) < 4.78 is 5.66. The summed E-state index contributed by atoms with van der Waals surface area (Å²) in [5, 5.41) is 8.55. The van der Waals surface area contributed by atoms with Crippen LogP contribution in [0.1, 0.15) is 18.1 Å². The van der Waals surface area contributed by atoms with E-state index in [1.54, 1.807) is 12.1 Å². The Balaban J connectivity index is 1.43. The van der Waals surface area contributed by atoms with E-state index in [-0.39, 0.29) is 24.4 Å². The van der Waals surface area contributed by atoms with Crippen molar-refractivity contribution in [2.45, 2.75) is 26.3 Å². The molecule has 3 amide bonds. The fourth-order valence-electron chi connectivity index (χ4n) is 2.99. The Labute approximate surface area is 182 Å². The number of carbonyl (C=O) groups is 2. The number of rotatable bonds is 8. The Hall–Kier alpha value is -3.80. The number of carbonyl (C=O) groups excluding carboxylic acids is 2. The molecule has 6 heteroatoms. The molecular formula is C25H27N3O3. The van der Waals surface area contributed by atoms with Crippen LogP contribution < -0.4 is 20.7 Å². The molecule has 3 aromatic carbocycles. The largest absolute Gasteiger partial charge is 0.491 e. The topological polar surface area (TPSA) is 79.5 Å². The summed E-state index contributed by atoms with van der Waals surface area (Å²) in [6, 6.07) is 23.9. The van der Waals surface area contributed by atoms with Gasteiger partial charge in [-0.1, -0.05) is 48.5 Å². The van der Waals surface area contributed by atoms with Gasteiger partial charge in [0.15, 0.2) is 0 Å². The number of hydrogen-bond acceptors (Lipinski definition) is 3. The molecule has 0 aromatic heterocycles. The second kappa shape index (κ2) is 10.8. The van der Waals surface area contributed by atoms with E-state index < -0.39 is 0 Å². The first-order valence-electron chi connectivity index (χ1n) is 10.2. The SMILES string of the molecule is Cc1ccccc1NC(=O)Nc1ccc(CC(=O)N[C@@H](C)COc2ccccc2)cc1. The molecule has 0 spiro atoms. The fourth-order valence-corrected chi connectivity index (χ4v) is 2.99. The predicted molar refractivity (Wildman–Crippen MR) is 124 cm³/mol. The van der Waals surface area contributed by atoms with E-state index in [4.69, 9.17) is 4.74 Å². The van der Waals surface area contributed by atoms with Gasteiger partial charge in [0.25, 0.3) is 0 Å². The highest BCUT2D eigenvalue weighted by Gasteiger charge is 2.10. The first-order valence-corrected chi connectivity index (χ1v) is 10.2. The monoisotopic (exact) mass is 417 g/mol. The predicted octanol–water partition coefficient (Wildman–Crippen LogP) is 4.77. The lowest BCUT2D eigenvalue weighted by Gasteiger charge is -2.15. The molecule has 1 atom stereocenters. The van der Waals surface area contributed by atoms with Crippen molar-refractivity contribution in [3.05, 3.63) is 90.0 Å². The summed E-state index contributed by atoms with van der Waals surface area (Å²) in [6.07, 6.45) is 0.255. The van der Waals surface area contributed by atoms with Crippen LogP contribution in [0.3, 0.4) is 0 Å². The molecule has 0 saturated heterocycles. The molecule has 0 unspecified atom stereocenters.